The van der Waals surface area contributed by atoms with Crippen LogP contribution >= 0.6 is 0 Å². The Balaban J connectivity index is 1.49. The zero-order chi connectivity index (χ0) is 23.9. The number of benzene rings is 2. The molecule has 4 rings (SSSR count). The number of aliphatic hydroxyl groups excluding tert-OH is 2. The molecular formula is C25H27NO8. The van der Waals surface area contributed by atoms with Gasteiger partial charge in [0.05, 0.1) is 27.1 Å². The Hall–Kier alpha value is -3.53. The van der Waals surface area contributed by atoms with Gasteiger partial charge in [-0.3, -0.25) is 0 Å². The van der Waals surface area contributed by atoms with Gasteiger partial charge in [-0.05, 0) is 48.0 Å². The van der Waals surface area contributed by atoms with Crippen LogP contribution in [0.3, 0.4) is 0 Å². The Morgan fingerprint density at radius 1 is 1.00 bits per heavy atom. The molecule has 1 aromatic heterocycles. The van der Waals surface area contributed by atoms with Gasteiger partial charge >= 0.3 is 0 Å². The van der Waals surface area contributed by atoms with Crippen molar-refractivity contribution in [3.05, 3.63) is 77.7 Å². The summed E-state index contributed by atoms with van der Waals surface area (Å²) >= 11 is 0. The van der Waals surface area contributed by atoms with E-state index in [1.165, 1.54) is 0 Å². The Labute approximate surface area is 197 Å². The zero-order valence-electron chi connectivity index (χ0n) is 18.9. The number of fused-ring (bicyclic) bond motifs is 1. The van der Waals surface area contributed by atoms with Gasteiger partial charge in [0.1, 0.15) is 54.1 Å². The highest BCUT2D eigenvalue weighted by atomic mass is 16.6. The lowest BCUT2D eigenvalue weighted by Crippen LogP contribution is -2.37. The second kappa shape index (κ2) is 11.1. The summed E-state index contributed by atoms with van der Waals surface area (Å²) in [6.45, 7) is 0.149. The molecule has 3 aromatic rings. The normalized spacial score (nSPS) is 19.2. The predicted octanol–water partition coefficient (Wildman–Crippen LogP) is 3.09. The number of aliphatic hydroxyl groups is 2. The SMILES string of the molecule is COc1cccc([C@H]2Oc3ccc(OC)cc3/C(=N\OC[C@@H](O)COCc3ccco3)[C@@H]2O)c1. The molecule has 9 heteroatoms. The third-order valence-corrected chi connectivity index (χ3v) is 5.27. The molecule has 1 aliphatic rings. The number of furan rings is 1. The summed E-state index contributed by atoms with van der Waals surface area (Å²) in [6.07, 6.45) is -1.24. The number of ether oxygens (including phenoxy) is 4. The van der Waals surface area contributed by atoms with Crippen molar-refractivity contribution in [3.8, 4) is 17.2 Å². The molecule has 0 saturated heterocycles. The third-order valence-electron chi connectivity index (χ3n) is 5.27. The van der Waals surface area contributed by atoms with Crippen LogP contribution in [0.2, 0.25) is 0 Å². The second-order valence-electron chi connectivity index (χ2n) is 7.64. The standard InChI is InChI=1S/C25H27NO8/c1-29-18-6-3-5-16(11-18)25-24(28)23(21-12-19(30-2)8-9-22(21)34-25)26-33-14-17(27)13-31-15-20-7-4-10-32-20/h3-12,17,24-25,27-28H,13-15H2,1-2H3/b26-23+/t17-,24-,25+/m0/s1. The summed E-state index contributed by atoms with van der Waals surface area (Å²) in [5.41, 5.74) is 1.51. The van der Waals surface area contributed by atoms with Gasteiger partial charge < -0.3 is 38.4 Å². The summed E-state index contributed by atoms with van der Waals surface area (Å²) in [5.74, 6) is 2.39. The highest BCUT2D eigenvalue weighted by molar-refractivity contribution is 6.07. The van der Waals surface area contributed by atoms with Crippen molar-refractivity contribution < 1.29 is 38.4 Å². The molecule has 0 amide bonds. The number of hydrogen-bond donors (Lipinski definition) is 2. The smallest absolute Gasteiger partial charge is 0.156 e. The first kappa shape index (κ1) is 23.6. The average molecular weight is 469 g/mol. The van der Waals surface area contributed by atoms with Gasteiger partial charge in [-0.1, -0.05) is 17.3 Å². The molecule has 180 valence electrons. The Morgan fingerprint density at radius 3 is 2.59 bits per heavy atom. The lowest BCUT2D eigenvalue weighted by atomic mass is 9.92. The fourth-order valence-corrected chi connectivity index (χ4v) is 3.55. The second-order valence-corrected chi connectivity index (χ2v) is 7.64. The molecule has 0 radical (unpaired) electrons. The van der Waals surface area contributed by atoms with Crippen LogP contribution in [0.15, 0.2) is 70.4 Å². The Kier molecular flexibility index (Phi) is 7.69. The first-order valence-electron chi connectivity index (χ1n) is 10.7. The number of hydrogen-bond acceptors (Lipinski definition) is 9. The van der Waals surface area contributed by atoms with Gasteiger partial charge in [0, 0.05) is 5.56 Å². The van der Waals surface area contributed by atoms with Gasteiger partial charge in [0.25, 0.3) is 0 Å². The van der Waals surface area contributed by atoms with Crippen LogP contribution in [0.1, 0.15) is 23.0 Å². The van der Waals surface area contributed by atoms with E-state index in [0.29, 0.717) is 34.1 Å². The quantitative estimate of drug-likeness (QED) is 0.436. The number of oxime groups is 1. The maximum atomic E-state index is 11.2. The molecule has 0 bridgehead atoms. The van der Waals surface area contributed by atoms with Gasteiger partial charge in [-0.15, -0.1) is 0 Å². The number of rotatable bonds is 10. The summed E-state index contributed by atoms with van der Waals surface area (Å²) in [6, 6.07) is 16.0. The van der Waals surface area contributed by atoms with Crippen LogP contribution in [0.25, 0.3) is 0 Å². The maximum Gasteiger partial charge on any atom is 0.156 e. The van der Waals surface area contributed by atoms with Crippen molar-refractivity contribution in [2.24, 2.45) is 5.16 Å². The molecule has 34 heavy (non-hydrogen) atoms. The van der Waals surface area contributed by atoms with Gasteiger partial charge in [0.2, 0.25) is 0 Å². The predicted molar refractivity (Wildman–Crippen MR) is 122 cm³/mol. The minimum Gasteiger partial charge on any atom is -0.497 e. The first-order valence-corrected chi connectivity index (χ1v) is 10.7. The fourth-order valence-electron chi connectivity index (χ4n) is 3.55. The van der Waals surface area contributed by atoms with Crippen molar-refractivity contribution in [2.45, 2.75) is 24.9 Å². The lowest BCUT2D eigenvalue weighted by Gasteiger charge is -2.32. The number of nitrogens with zero attached hydrogens (tertiary/aromatic N) is 1. The molecule has 0 aliphatic carbocycles. The van der Waals surface area contributed by atoms with E-state index >= 15 is 0 Å². The molecule has 2 aromatic carbocycles. The molecule has 2 heterocycles. The van der Waals surface area contributed by atoms with Crippen LogP contribution in [0.4, 0.5) is 0 Å². The van der Waals surface area contributed by atoms with E-state index in [1.54, 1.807) is 56.9 Å². The summed E-state index contributed by atoms with van der Waals surface area (Å²) in [5, 5.41) is 25.5. The van der Waals surface area contributed by atoms with E-state index in [9.17, 15) is 10.2 Å². The monoisotopic (exact) mass is 469 g/mol. The van der Waals surface area contributed by atoms with Gasteiger partial charge in [-0.25, -0.2) is 0 Å². The Bertz CT molecular complexity index is 1100. The highest BCUT2D eigenvalue weighted by Crippen LogP contribution is 2.38. The summed E-state index contributed by atoms with van der Waals surface area (Å²) in [7, 11) is 3.12. The molecule has 1 aliphatic heterocycles. The van der Waals surface area contributed by atoms with E-state index < -0.39 is 18.3 Å². The average Bonchev–Trinajstić information content (AvgIpc) is 3.38. The van der Waals surface area contributed by atoms with Crippen molar-refractivity contribution >= 4 is 5.71 Å². The minimum atomic E-state index is -1.14. The van der Waals surface area contributed by atoms with E-state index in [-0.39, 0.29) is 25.5 Å². The van der Waals surface area contributed by atoms with Crippen molar-refractivity contribution in [1.82, 2.24) is 0 Å². The van der Waals surface area contributed by atoms with Crippen molar-refractivity contribution in [2.75, 3.05) is 27.4 Å². The van der Waals surface area contributed by atoms with E-state index in [1.807, 2.05) is 18.2 Å². The molecule has 0 fully saturated rings. The minimum absolute atomic E-state index is 0.0358. The largest absolute Gasteiger partial charge is 0.497 e. The topological polar surface area (TPSA) is 112 Å². The van der Waals surface area contributed by atoms with Crippen LogP contribution < -0.4 is 14.2 Å². The van der Waals surface area contributed by atoms with E-state index in [2.05, 4.69) is 5.16 Å². The van der Waals surface area contributed by atoms with Crippen LogP contribution in [-0.2, 0) is 16.2 Å². The number of methoxy groups -OCH3 is 2. The van der Waals surface area contributed by atoms with Crippen LogP contribution in [0, 0.1) is 0 Å². The van der Waals surface area contributed by atoms with E-state index in [0.717, 1.165) is 0 Å². The highest BCUT2D eigenvalue weighted by Gasteiger charge is 2.36. The van der Waals surface area contributed by atoms with Crippen LogP contribution in [-0.4, -0.2) is 55.6 Å². The van der Waals surface area contributed by atoms with Crippen LogP contribution in [0.5, 0.6) is 17.2 Å². The molecule has 0 spiro atoms. The molecule has 0 unspecified atom stereocenters. The summed E-state index contributed by atoms with van der Waals surface area (Å²) in [4.78, 5) is 5.41. The molecule has 0 saturated carbocycles. The van der Waals surface area contributed by atoms with Crippen molar-refractivity contribution in [1.29, 1.82) is 0 Å². The lowest BCUT2D eigenvalue weighted by molar-refractivity contribution is -0.0265. The third kappa shape index (κ3) is 5.51. The van der Waals surface area contributed by atoms with Crippen molar-refractivity contribution in [3.63, 3.8) is 0 Å². The zero-order valence-corrected chi connectivity index (χ0v) is 18.9. The maximum absolute atomic E-state index is 11.2. The first-order chi connectivity index (χ1) is 16.6. The fraction of sp³-hybridized carbons (Fsp3) is 0.320. The van der Waals surface area contributed by atoms with Gasteiger partial charge in [-0.2, -0.15) is 0 Å². The molecular weight excluding hydrogens is 442 g/mol. The molecule has 9 nitrogen and oxygen atoms in total. The Morgan fingerprint density at radius 2 is 1.82 bits per heavy atom. The summed E-state index contributed by atoms with van der Waals surface area (Å²) < 4.78 is 27.3. The van der Waals surface area contributed by atoms with Gasteiger partial charge in [0.15, 0.2) is 6.10 Å². The van der Waals surface area contributed by atoms with E-state index in [4.69, 9.17) is 28.2 Å². The molecule has 2 N–H and O–H groups in total. The molecule has 3 atom stereocenters.